The molecule has 0 fully saturated rings. The third-order valence-corrected chi connectivity index (χ3v) is 1.06. The predicted molar refractivity (Wildman–Crippen MR) is 37.7 cm³/mol. The summed E-state index contributed by atoms with van der Waals surface area (Å²) in [7, 11) is 0. The van der Waals surface area contributed by atoms with Gasteiger partial charge in [-0.15, -0.1) is 0 Å². The summed E-state index contributed by atoms with van der Waals surface area (Å²) in [5, 5.41) is 8.31. The van der Waals surface area contributed by atoms with E-state index < -0.39 is 11.9 Å². The van der Waals surface area contributed by atoms with Crippen LogP contribution in [-0.2, 0) is 14.3 Å². The number of hydrogen-bond acceptors (Lipinski definition) is 4. The minimum absolute atomic E-state index is 0.0601. The largest absolute Gasteiger partial charge is 0.396 e. The average Bonchev–Trinajstić information content (AvgIpc) is 2.00. The van der Waals surface area contributed by atoms with E-state index in [0.29, 0.717) is 6.42 Å². The minimum Gasteiger partial charge on any atom is -0.396 e. The van der Waals surface area contributed by atoms with Crippen LogP contribution in [-0.4, -0.2) is 23.7 Å². The fourth-order valence-electron chi connectivity index (χ4n) is 0.474. The molecule has 0 atom stereocenters. The van der Waals surface area contributed by atoms with Crippen molar-refractivity contribution in [2.45, 2.75) is 26.2 Å². The van der Waals surface area contributed by atoms with Crippen molar-refractivity contribution in [3.8, 4) is 0 Å². The van der Waals surface area contributed by atoms with Crippen molar-refractivity contribution >= 4 is 11.9 Å². The van der Waals surface area contributed by atoms with Crippen molar-refractivity contribution in [2.24, 2.45) is 0 Å². The second-order valence-electron chi connectivity index (χ2n) is 2.03. The Balaban J connectivity index is 3.44. The Morgan fingerprint density at radius 1 is 1.36 bits per heavy atom. The number of ether oxygens (including phenoxy) is 1. The summed E-state index contributed by atoms with van der Waals surface area (Å²) in [6.45, 7) is 1.55. The Morgan fingerprint density at radius 2 is 2.00 bits per heavy atom. The molecule has 11 heavy (non-hydrogen) atoms. The van der Waals surface area contributed by atoms with Gasteiger partial charge in [0.05, 0.1) is 0 Å². The van der Waals surface area contributed by atoms with Crippen LogP contribution in [0.15, 0.2) is 0 Å². The smallest absolute Gasteiger partial charge is 0.313 e. The third-order valence-electron chi connectivity index (χ3n) is 1.06. The number of carbonyl (C=O) groups is 2. The molecule has 64 valence electrons. The number of aliphatic hydroxyl groups is 1. The topological polar surface area (TPSA) is 63.6 Å². The van der Waals surface area contributed by atoms with Gasteiger partial charge in [0.15, 0.2) is 0 Å². The lowest BCUT2D eigenvalue weighted by molar-refractivity contribution is -0.159. The number of rotatable bonds is 4. The van der Waals surface area contributed by atoms with Crippen molar-refractivity contribution in [1.29, 1.82) is 0 Å². The Kier molecular flexibility index (Phi) is 5.37. The van der Waals surface area contributed by atoms with Crippen LogP contribution in [0.3, 0.4) is 0 Å². The first-order valence-electron chi connectivity index (χ1n) is 3.55. The van der Waals surface area contributed by atoms with Crippen LogP contribution >= 0.6 is 0 Å². The summed E-state index contributed by atoms with van der Waals surface area (Å²) in [4.78, 5) is 21.1. The fourth-order valence-corrected chi connectivity index (χ4v) is 0.474. The van der Waals surface area contributed by atoms with E-state index in [-0.39, 0.29) is 19.4 Å². The third kappa shape index (κ3) is 5.54. The maximum atomic E-state index is 10.6. The number of carbonyl (C=O) groups excluding carboxylic acids is 2. The van der Waals surface area contributed by atoms with Gasteiger partial charge in [0, 0.05) is 19.4 Å². The molecule has 4 nitrogen and oxygen atoms in total. The molecule has 0 saturated heterocycles. The zero-order chi connectivity index (χ0) is 8.69. The molecule has 0 saturated carbocycles. The highest BCUT2D eigenvalue weighted by atomic mass is 16.6. The molecule has 0 aliphatic heterocycles. The van der Waals surface area contributed by atoms with Crippen molar-refractivity contribution in [3.05, 3.63) is 0 Å². The molecular weight excluding hydrogens is 148 g/mol. The van der Waals surface area contributed by atoms with E-state index in [0.717, 1.165) is 0 Å². The molecule has 0 amide bonds. The highest BCUT2D eigenvalue weighted by molar-refractivity contribution is 5.85. The van der Waals surface area contributed by atoms with Crippen LogP contribution in [0.2, 0.25) is 0 Å². The zero-order valence-electron chi connectivity index (χ0n) is 6.50. The van der Waals surface area contributed by atoms with Crippen molar-refractivity contribution in [1.82, 2.24) is 0 Å². The van der Waals surface area contributed by atoms with E-state index in [1.807, 2.05) is 0 Å². The lowest BCUT2D eigenvalue weighted by atomic mass is 10.3. The first kappa shape index (κ1) is 10.1. The fraction of sp³-hybridized carbons (Fsp3) is 0.714. The van der Waals surface area contributed by atoms with E-state index in [2.05, 4.69) is 4.74 Å². The van der Waals surface area contributed by atoms with Crippen LogP contribution in [0.5, 0.6) is 0 Å². The van der Waals surface area contributed by atoms with Gasteiger partial charge >= 0.3 is 11.9 Å². The molecule has 0 aromatic rings. The number of hydrogen-bond donors (Lipinski definition) is 1. The minimum atomic E-state index is -0.564. The van der Waals surface area contributed by atoms with Gasteiger partial charge < -0.3 is 9.84 Å². The van der Waals surface area contributed by atoms with E-state index >= 15 is 0 Å². The summed E-state index contributed by atoms with van der Waals surface area (Å²) < 4.78 is 4.31. The second kappa shape index (κ2) is 5.85. The monoisotopic (exact) mass is 160 g/mol. The summed E-state index contributed by atoms with van der Waals surface area (Å²) in [5.74, 6) is -1.08. The molecule has 0 rings (SSSR count). The first-order valence-corrected chi connectivity index (χ1v) is 3.55. The summed E-state index contributed by atoms with van der Waals surface area (Å²) in [6, 6.07) is 0. The van der Waals surface area contributed by atoms with E-state index in [9.17, 15) is 9.59 Å². The quantitative estimate of drug-likeness (QED) is 0.472. The van der Waals surface area contributed by atoms with Gasteiger partial charge in [-0.2, -0.15) is 0 Å². The molecule has 0 unspecified atom stereocenters. The van der Waals surface area contributed by atoms with Crippen LogP contribution < -0.4 is 0 Å². The molecule has 0 radical (unpaired) electrons. The molecule has 0 bridgehead atoms. The van der Waals surface area contributed by atoms with Crippen LogP contribution in [0.4, 0.5) is 0 Å². The number of esters is 2. The molecule has 4 heteroatoms. The summed E-state index contributed by atoms with van der Waals surface area (Å²) in [6.07, 6.45) is 0.642. The maximum Gasteiger partial charge on any atom is 0.313 e. The van der Waals surface area contributed by atoms with Gasteiger partial charge in [-0.3, -0.25) is 9.59 Å². The molecule has 0 aliphatic carbocycles. The molecule has 0 aromatic heterocycles. The van der Waals surface area contributed by atoms with Crippen LogP contribution in [0.25, 0.3) is 0 Å². The Morgan fingerprint density at radius 3 is 2.45 bits per heavy atom. The average molecular weight is 160 g/mol. The highest BCUT2D eigenvalue weighted by Crippen LogP contribution is 1.93. The van der Waals surface area contributed by atoms with Crippen molar-refractivity contribution in [2.75, 3.05) is 6.61 Å². The molecule has 0 aromatic carbocycles. The van der Waals surface area contributed by atoms with Gasteiger partial charge in [-0.25, -0.2) is 0 Å². The van der Waals surface area contributed by atoms with Crippen LogP contribution in [0.1, 0.15) is 26.2 Å². The Hall–Kier alpha value is -0.900. The van der Waals surface area contributed by atoms with Crippen molar-refractivity contribution in [3.63, 3.8) is 0 Å². The number of aliphatic hydroxyl groups excluding tert-OH is 1. The van der Waals surface area contributed by atoms with Gasteiger partial charge in [0.2, 0.25) is 0 Å². The first-order chi connectivity index (χ1) is 5.20. The van der Waals surface area contributed by atoms with Crippen LogP contribution in [0, 0.1) is 0 Å². The predicted octanol–water partition coefficient (Wildman–Crippen LogP) is 0.239. The van der Waals surface area contributed by atoms with Crippen molar-refractivity contribution < 1.29 is 19.4 Å². The SMILES string of the molecule is CCC(=O)OC(=O)CCCO. The zero-order valence-corrected chi connectivity index (χ0v) is 6.50. The highest BCUT2D eigenvalue weighted by Gasteiger charge is 2.06. The molecule has 0 heterocycles. The van der Waals surface area contributed by atoms with Gasteiger partial charge in [-0.05, 0) is 6.42 Å². The molecule has 1 N–H and O–H groups in total. The van der Waals surface area contributed by atoms with E-state index in [1.165, 1.54) is 0 Å². The Bertz CT molecular complexity index is 141. The maximum absolute atomic E-state index is 10.6. The summed E-state index contributed by atoms with van der Waals surface area (Å²) in [5.41, 5.74) is 0. The lowest BCUT2D eigenvalue weighted by Crippen LogP contribution is -2.11. The van der Waals surface area contributed by atoms with Gasteiger partial charge in [0.25, 0.3) is 0 Å². The second-order valence-corrected chi connectivity index (χ2v) is 2.03. The molecule has 0 spiro atoms. The van der Waals surface area contributed by atoms with E-state index in [1.54, 1.807) is 6.92 Å². The molecule has 0 aliphatic rings. The van der Waals surface area contributed by atoms with E-state index in [4.69, 9.17) is 5.11 Å². The normalized spacial score (nSPS) is 9.27. The van der Waals surface area contributed by atoms with Gasteiger partial charge in [-0.1, -0.05) is 6.92 Å². The standard InChI is InChI=1S/C7H12O4/c1-2-6(9)11-7(10)4-3-5-8/h8H,2-5H2,1H3. The molecular formula is C7H12O4. The summed E-state index contributed by atoms with van der Waals surface area (Å²) >= 11 is 0. The lowest BCUT2D eigenvalue weighted by Gasteiger charge is -1.98. The Labute approximate surface area is 65.2 Å². The van der Waals surface area contributed by atoms with Gasteiger partial charge in [0.1, 0.15) is 0 Å².